The number of ether oxygens (including phenoxy) is 1. The molecule has 2 aromatic rings. The van der Waals surface area contributed by atoms with E-state index in [1.54, 1.807) is 12.1 Å². The second-order valence-corrected chi connectivity index (χ2v) is 3.08. The lowest BCUT2D eigenvalue weighted by molar-refractivity contribution is 0.0601. The molecule has 2 aromatic heterocycles. The quantitative estimate of drug-likeness (QED) is 0.775. The molecule has 82 valence electrons. The first-order chi connectivity index (χ1) is 7.72. The second kappa shape index (κ2) is 4.06. The lowest BCUT2D eigenvalue weighted by atomic mass is 10.1. The average molecular weight is 219 g/mol. The number of pyridine rings is 1. The molecule has 0 bridgehead atoms. The Kier molecular flexibility index (Phi) is 2.59. The fourth-order valence-corrected chi connectivity index (χ4v) is 1.37. The molecule has 0 saturated carbocycles. The van der Waals surface area contributed by atoms with Crippen LogP contribution in [0.4, 0.5) is 0 Å². The van der Waals surface area contributed by atoms with Gasteiger partial charge in [-0.15, -0.1) is 0 Å². The van der Waals surface area contributed by atoms with Crippen LogP contribution in [0.15, 0.2) is 39.7 Å². The summed E-state index contributed by atoms with van der Waals surface area (Å²) in [7, 11) is 1.28. The van der Waals surface area contributed by atoms with Gasteiger partial charge in [0.2, 0.25) is 5.56 Å². The maximum absolute atomic E-state index is 11.5. The van der Waals surface area contributed by atoms with Crippen LogP contribution >= 0.6 is 0 Å². The number of rotatable bonds is 2. The minimum atomic E-state index is -0.525. The minimum Gasteiger partial charge on any atom is -0.465 e. The van der Waals surface area contributed by atoms with Gasteiger partial charge in [-0.3, -0.25) is 4.79 Å². The summed E-state index contributed by atoms with van der Waals surface area (Å²) >= 11 is 0. The predicted octanol–water partition coefficient (Wildman–Crippen LogP) is 1.42. The first-order valence-electron chi connectivity index (χ1n) is 4.58. The van der Waals surface area contributed by atoms with Gasteiger partial charge in [0.15, 0.2) is 5.76 Å². The van der Waals surface area contributed by atoms with Crippen LogP contribution in [0.2, 0.25) is 0 Å². The Morgan fingerprint density at radius 3 is 2.81 bits per heavy atom. The fourth-order valence-electron chi connectivity index (χ4n) is 1.37. The number of nitrogens with one attached hydrogen (secondary N) is 1. The number of esters is 1. The van der Waals surface area contributed by atoms with E-state index in [1.807, 2.05) is 0 Å². The molecule has 5 heteroatoms. The van der Waals surface area contributed by atoms with Crippen LogP contribution < -0.4 is 5.56 Å². The Balaban J connectivity index is 2.62. The van der Waals surface area contributed by atoms with E-state index in [1.165, 1.54) is 25.5 Å². The van der Waals surface area contributed by atoms with Gasteiger partial charge in [-0.1, -0.05) is 0 Å². The normalized spacial score (nSPS) is 10.1. The highest BCUT2D eigenvalue weighted by Gasteiger charge is 2.15. The number of H-pyrrole nitrogens is 1. The molecule has 0 aromatic carbocycles. The Hall–Kier alpha value is -2.30. The van der Waals surface area contributed by atoms with E-state index in [0.717, 1.165) is 0 Å². The first kappa shape index (κ1) is 10.2. The largest absolute Gasteiger partial charge is 0.465 e. The van der Waals surface area contributed by atoms with E-state index in [4.69, 9.17) is 4.42 Å². The molecule has 0 unspecified atom stereocenters. The van der Waals surface area contributed by atoms with Crippen molar-refractivity contribution in [3.63, 3.8) is 0 Å². The lowest BCUT2D eigenvalue weighted by Crippen LogP contribution is -2.11. The molecule has 0 fully saturated rings. The van der Waals surface area contributed by atoms with E-state index in [0.29, 0.717) is 11.5 Å². The van der Waals surface area contributed by atoms with Crippen molar-refractivity contribution in [1.82, 2.24) is 4.98 Å². The molecule has 0 spiro atoms. The van der Waals surface area contributed by atoms with Gasteiger partial charge in [0, 0.05) is 6.07 Å². The zero-order valence-corrected chi connectivity index (χ0v) is 8.52. The molecule has 0 aliphatic heterocycles. The van der Waals surface area contributed by atoms with Gasteiger partial charge in [0.25, 0.3) is 0 Å². The number of methoxy groups -OCH3 is 1. The highest BCUT2D eigenvalue weighted by Crippen LogP contribution is 2.20. The van der Waals surface area contributed by atoms with Crippen molar-refractivity contribution >= 4 is 5.97 Å². The predicted molar refractivity (Wildman–Crippen MR) is 56.1 cm³/mol. The third-order valence-electron chi connectivity index (χ3n) is 2.09. The third kappa shape index (κ3) is 1.75. The van der Waals surface area contributed by atoms with E-state index < -0.39 is 5.97 Å². The van der Waals surface area contributed by atoms with E-state index in [9.17, 15) is 9.59 Å². The van der Waals surface area contributed by atoms with Crippen molar-refractivity contribution in [3.8, 4) is 11.5 Å². The van der Waals surface area contributed by atoms with Crippen LogP contribution in [0.3, 0.4) is 0 Å². The summed E-state index contributed by atoms with van der Waals surface area (Å²) in [5.74, 6) is -0.110. The third-order valence-corrected chi connectivity index (χ3v) is 2.09. The maximum atomic E-state index is 11.5. The van der Waals surface area contributed by atoms with Crippen molar-refractivity contribution in [2.24, 2.45) is 0 Å². The van der Waals surface area contributed by atoms with Crippen LogP contribution in [0.25, 0.3) is 11.5 Å². The zero-order chi connectivity index (χ0) is 11.5. The molecular weight excluding hydrogens is 210 g/mol. The van der Waals surface area contributed by atoms with Crippen molar-refractivity contribution < 1.29 is 13.9 Å². The van der Waals surface area contributed by atoms with Crippen LogP contribution in [0.1, 0.15) is 10.4 Å². The summed E-state index contributed by atoms with van der Waals surface area (Å²) in [5.41, 5.74) is 0.278. The Bertz CT molecular complexity index is 554. The Morgan fingerprint density at radius 1 is 1.38 bits per heavy atom. The number of hydrogen-bond acceptors (Lipinski definition) is 4. The van der Waals surface area contributed by atoms with Gasteiger partial charge in [-0.05, 0) is 18.2 Å². The standard InChI is InChI=1S/C11H9NO4/c1-15-11(14)7-4-5-9(13)12-10(7)8-3-2-6-16-8/h2-6H,1H3,(H,12,13). The van der Waals surface area contributed by atoms with Gasteiger partial charge in [0.05, 0.1) is 24.6 Å². The number of hydrogen-bond donors (Lipinski definition) is 1. The SMILES string of the molecule is COC(=O)c1ccc(=O)[nH]c1-c1ccco1. The fraction of sp³-hybridized carbons (Fsp3) is 0.0909. The maximum Gasteiger partial charge on any atom is 0.340 e. The second-order valence-electron chi connectivity index (χ2n) is 3.08. The molecule has 16 heavy (non-hydrogen) atoms. The number of carbonyl (C=O) groups excluding carboxylic acids is 1. The highest BCUT2D eigenvalue weighted by atomic mass is 16.5. The summed E-state index contributed by atoms with van der Waals surface area (Å²) in [6.45, 7) is 0. The molecule has 0 aliphatic rings. The summed E-state index contributed by atoms with van der Waals surface area (Å²) in [5, 5.41) is 0. The molecule has 0 saturated heterocycles. The van der Waals surface area contributed by atoms with Crippen molar-refractivity contribution in [2.75, 3.05) is 7.11 Å². The molecule has 2 rings (SSSR count). The van der Waals surface area contributed by atoms with Gasteiger partial charge in [-0.2, -0.15) is 0 Å². The summed E-state index contributed by atoms with van der Waals surface area (Å²) in [4.78, 5) is 25.2. The Morgan fingerprint density at radius 2 is 2.19 bits per heavy atom. The van der Waals surface area contributed by atoms with Crippen LogP contribution in [0.5, 0.6) is 0 Å². The molecular formula is C11H9NO4. The Labute approximate surface area is 90.7 Å². The van der Waals surface area contributed by atoms with Gasteiger partial charge in [0.1, 0.15) is 0 Å². The van der Waals surface area contributed by atoms with Gasteiger partial charge < -0.3 is 14.1 Å². The molecule has 0 atom stereocenters. The summed E-state index contributed by atoms with van der Waals surface area (Å²) < 4.78 is 9.74. The molecule has 2 heterocycles. The average Bonchev–Trinajstić information content (AvgIpc) is 2.81. The zero-order valence-electron chi connectivity index (χ0n) is 8.52. The van der Waals surface area contributed by atoms with Gasteiger partial charge >= 0.3 is 5.97 Å². The number of aromatic amines is 1. The smallest absolute Gasteiger partial charge is 0.340 e. The van der Waals surface area contributed by atoms with Crippen LogP contribution in [-0.2, 0) is 4.74 Å². The van der Waals surface area contributed by atoms with Crippen LogP contribution in [0, 0.1) is 0 Å². The van der Waals surface area contributed by atoms with E-state index in [2.05, 4.69) is 9.72 Å². The molecule has 0 radical (unpaired) electrons. The van der Waals surface area contributed by atoms with E-state index >= 15 is 0 Å². The minimum absolute atomic E-state index is 0.261. The van der Waals surface area contributed by atoms with Crippen LogP contribution in [-0.4, -0.2) is 18.1 Å². The van der Waals surface area contributed by atoms with Crippen molar-refractivity contribution in [1.29, 1.82) is 0 Å². The number of furan rings is 1. The van der Waals surface area contributed by atoms with Gasteiger partial charge in [-0.25, -0.2) is 4.79 Å². The lowest BCUT2D eigenvalue weighted by Gasteiger charge is -2.04. The number of aromatic nitrogens is 1. The highest BCUT2D eigenvalue weighted by molar-refractivity contribution is 5.95. The molecule has 1 N–H and O–H groups in total. The molecule has 5 nitrogen and oxygen atoms in total. The van der Waals surface area contributed by atoms with Crippen molar-refractivity contribution in [3.05, 3.63) is 46.4 Å². The first-order valence-corrected chi connectivity index (χ1v) is 4.58. The van der Waals surface area contributed by atoms with E-state index in [-0.39, 0.29) is 11.1 Å². The summed E-state index contributed by atoms with van der Waals surface area (Å²) in [6, 6.07) is 5.99. The van der Waals surface area contributed by atoms with Crippen molar-refractivity contribution in [2.45, 2.75) is 0 Å². The topological polar surface area (TPSA) is 72.3 Å². The molecule has 0 amide bonds. The summed E-state index contributed by atoms with van der Waals surface area (Å²) in [6.07, 6.45) is 1.46. The molecule has 0 aliphatic carbocycles. The number of carbonyl (C=O) groups is 1. The monoisotopic (exact) mass is 219 g/mol.